The van der Waals surface area contributed by atoms with Crippen LogP contribution in [0.4, 0.5) is 0 Å². The van der Waals surface area contributed by atoms with Gasteiger partial charge in [-0.15, -0.1) is 12.4 Å². The van der Waals surface area contributed by atoms with Crippen LogP contribution in [0.2, 0.25) is 0 Å². The number of amides is 1. The van der Waals surface area contributed by atoms with E-state index in [0.29, 0.717) is 31.1 Å². The third kappa shape index (κ3) is 4.67. The molecule has 0 aromatic heterocycles. The van der Waals surface area contributed by atoms with Gasteiger partial charge in [0.2, 0.25) is 10.0 Å². The van der Waals surface area contributed by atoms with Gasteiger partial charge in [-0.3, -0.25) is 4.79 Å². The van der Waals surface area contributed by atoms with Crippen LogP contribution in [0.1, 0.15) is 23.2 Å². The Morgan fingerprint density at radius 1 is 1.26 bits per heavy atom. The highest BCUT2D eigenvalue weighted by molar-refractivity contribution is 7.89. The van der Waals surface area contributed by atoms with E-state index in [0.717, 1.165) is 25.9 Å². The molecule has 3 rings (SSSR count). The summed E-state index contributed by atoms with van der Waals surface area (Å²) in [6.45, 7) is 3.32. The van der Waals surface area contributed by atoms with E-state index >= 15 is 0 Å². The highest BCUT2D eigenvalue weighted by atomic mass is 35.5. The van der Waals surface area contributed by atoms with Gasteiger partial charge in [-0.25, -0.2) is 13.1 Å². The number of hydrogen-bond acceptors (Lipinski definition) is 4. The number of carbonyl (C=O) groups is 1. The van der Waals surface area contributed by atoms with Crippen molar-refractivity contribution in [1.82, 2.24) is 14.9 Å². The quantitative estimate of drug-likeness (QED) is 0.816. The van der Waals surface area contributed by atoms with Crippen LogP contribution in [0.25, 0.3) is 0 Å². The van der Waals surface area contributed by atoms with Crippen molar-refractivity contribution in [2.24, 2.45) is 5.92 Å². The Morgan fingerprint density at radius 3 is 2.61 bits per heavy atom. The Labute approximate surface area is 143 Å². The van der Waals surface area contributed by atoms with E-state index in [1.165, 1.54) is 12.1 Å². The molecule has 23 heavy (non-hydrogen) atoms. The minimum atomic E-state index is -3.54. The zero-order valence-electron chi connectivity index (χ0n) is 12.8. The molecule has 2 N–H and O–H groups in total. The second-order valence-corrected chi connectivity index (χ2v) is 7.63. The van der Waals surface area contributed by atoms with Gasteiger partial charge in [-0.05, 0) is 37.0 Å². The summed E-state index contributed by atoms with van der Waals surface area (Å²) in [5.74, 6) is 0.362. The van der Waals surface area contributed by atoms with Crippen molar-refractivity contribution < 1.29 is 13.2 Å². The lowest BCUT2D eigenvalue weighted by Gasteiger charge is -2.27. The molecule has 1 aromatic carbocycles. The molecule has 0 atom stereocenters. The van der Waals surface area contributed by atoms with E-state index in [4.69, 9.17) is 0 Å². The molecular formula is C15H22ClN3O3S. The highest BCUT2D eigenvalue weighted by Crippen LogP contribution is 2.28. The molecule has 1 aliphatic heterocycles. The molecule has 1 amide bonds. The fourth-order valence-corrected chi connectivity index (χ4v) is 3.64. The summed E-state index contributed by atoms with van der Waals surface area (Å²) < 4.78 is 27.2. The lowest BCUT2D eigenvalue weighted by Crippen LogP contribution is -2.46. The number of hydrogen-bond donors (Lipinski definition) is 2. The van der Waals surface area contributed by atoms with Gasteiger partial charge in [0.1, 0.15) is 0 Å². The number of benzene rings is 1. The molecule has 0 bridgehead atoms. The van der Waals surface area contributed by atoms with Crippen LogP contribution in [-0.4, -0.2) is 51.9 Å². The maximum atomic E-state index is 12.4. The monoisotopic (exact) mass is 359 g/mol. The van der Waals surface area contributed by atoms with Crippen LogP contribution < -0.4 is 10.0 Å². The van der Waals surface area contributed by atoms with Crippen LogP contribution in [-0.2, 0) is 10.0 Å². The van der Waals surface area contributed by atoms with Gasteiger partial charge in [0.25, 0.3) is 5.91 Å². The first-order valence-corrected chi connectivity index (χ1v) is 9.14. The standard InChI is InChI=1S/C15H21N3O3S.ClH/c19-15(18-8-6-16-7-9-18)13-2-1-3-14(10-13)22(20,21)17-11-12-4-5-12;/h1-3,10,12,16-17H,4-9,11H2;1H. The number of rotatable bonds is 5. The van der Waals surface area contributed by atoms with Crippen molar-refractivity contribution in [3.05, 3.63) is 29.8 Å². The Morgan fingerprint density at radius 2 is 1.96 bits per heavy atom. The third-order valence-electron chi connectivity index (χ3n) is 4.05. The fraction of sp³-hybridized carbons (Fsp3) is 0.533. The summed E-state index contributed by atoms with van der Waals surface area (Å²) in [7, 11) is -3.54. The van der Waals surface area contributed by atoms with Crippen molar-refractivity contribution in [3.63, 3.8) is 0 Å². The first-order chi connectivity index (χ1) is 10.6. The molecule has 2 aliphatic rings. The van der Waals surface area contributed by atoms with Gasteiger partial charge >= 0.3 is 0 Å². The van der Waals surface area contributed by atoms with E-state index in [9.17, 15) is 13.2 Å². The Bertz CT molecular complexity index is 656. The fourth-order valence-electron chi connectivity index (χ4n) is 2.48. The molecule has 128 valence electrons. The lowest BCUT2D eigenvalue weighted by molar-refractivity contribution is 0.0735. The molecule has 0 unspecified atom stereocenters. The number of halogens is 1. The summed E-state index contributed by atoms with van der Waals surface area (Å²) in [4.78, 5) is 14.3. The zero-order chi connectivity index (χ0) is 15.6. The van der Waals surface area contributed by atoms with Crippen molar-refractivity contribution in [2.45, 2.75) is 17.7 Å². The van der Waals surface area contributed by atoms with Gasteiger partial charge in [0.05, 0.1) is 4.90 Å². The third-order valence-corrected chi connectivity index (χ3v) is 5.48. The van der Waals surface area contributed by atoms with Crippen LogP contribution in [0.3, 0.4) is 0 Å². The van der Waals surface area contributed by atoms with E-state index in [-0.39, 0.29) is 23.2 Å². The van der Waals surface area contributed by atoms with Crippen LogP contribution in [0.5, 0.6) is 0 Å². The maximum absolute atomic E-state index is 12.4. The topological polar surface area (TPSA) is 78.5 Å². The minimum Gasteiger partial charge on any atom is -0.336 e. The van der Waals surface area contributed by atoms with E-state index < -0.39 is 10.0 Å². The molecule has 8 heteroatoms. The number of piperazine rings is 1. The van der Waals surface area contributed by atoms with Crippen molar-refractivity contribution in [2.75, 3.05) is 32.7 Å². The number of nitrogens with one attached hydrogen (secondary N) is 2. The maximum Gasteiger partial charge on any atom is 0.253 e. The molecule has 0 radical (unpaired) electrons. The Kier molecular flexibility index (Phi) is 6.02. The zero-order valence-corrected chi connectivity index (χ0v) is 14.5. The first-order valence-electron chi connectivity index (χ1n) is 7.66. The molecule has 1 aliphatic carbocycles. The van der Waals surface area contributed by atoms with E-state index in [2.05, 4.69) is 10.0 Å². The summed E-state index contributed by atoms with van der Waals surface area (Å²) in [5, 5.41) is 3.19. The van der Waals surface area contributed by atoms with Crippen LogP contribution in [0.15, 0.2) is 29.2 Å². The van der Waals surface area contributed by atoms with Gasteiger partial charge in [-0.2, -0.15) is 0 Å². The minimum absolute atomic E-state index is 0. The molecule has 1 aromatic rings. The summed E-state index contributed by atoms with van der Waals surface area (Å²) >= 11 is 0. The molecule has 1 saturated carbocycles. The average Bonchev–Trinajstić information content (AvgIpc) is 3.38. The van der Waals surface area contributed by atoms with Gasteiger partial charge in [-0.1, -0.05) is 6.07 Å². The number of sulfonamides is 1. The van der Waals surface area contributed by atoms with E-state index in [1.807, 2.05) is 0 Å². The molecule has 2 fully saturated rings. The lowest BCUT2D eigenvalue weighted by atomic mass is 10.2. The first kappa shape index (κ1) is 18.2. The second-order valence-electron chi connectivity index (χ2n) is 5.87. The SMILES string of the molecule is Cl.O=C(c1cccc(S(=O)(=O)NCC2CC2)c1)N1CCNCC1. The van der Waals surface area contributed by atoms with Crippen molar-refractivity contribution in [3.8, 4) is 0 Å². The summed E-state index contributed by atoms with van der Waals surface area (Å²) in [5.41, 5.74) is 0.427. The summed E-state index contributed by atoms with van der Waals surface area (Å²) in [6.07, 6.45) is 2.17. The number of nitrogens with zero attached hydrogens (tertiary/aromatic N) is 1. The van der Waals surface area contributed by atoms with Crippen molar-refractivity contribution >= 4 is 28.3 Å². The molecule has 1 heterocycles. The Hall–Kier alpha value is -1.15. The van der Waals surface area contributed by atoms with Crippen molar-refractivity contribution in [1.29, 1.82) is 0 Å². The van der Waals surface area contributed by atoms with E-state index in [1.54, 1.807) is 17.0 Å². The van der Waals surface area contributed by atoms with Crippen LogP contribution >= 0.6 is 12.4 Å². The molecule has 1 saturated heterocycles. The normalized spacial score (nSPS) is 18.3. The van der Waals surface area contributed by atoms with Crippen LogP contribution in [0, 0.1) is 5.92 Å². The van der Waals surface area contributed by atoms with Gasteiger partial charge in [0, 0.05) is 38.3 Å². The predicted molar refractivity (Wildman–Crippen MR) is 90.4 cm³/mol. The largest absolute Gasteiger partial charge is 0.336 e. The smallest absolute Gasteiger partial charge is 0.253 e. The van der Waals surface area contributed by atoms with Gasteiger partial charge < -0.3 is 10.2 Å². The average molecular weight is 360 g/mol. The second kappa shape index (κ2) is 7.61. The molecule has 6 nitrogen and oxygen atoms in total. The Balaban J connectivity index is 0.00000192. The summed E-state index contributed by atoms with van der Waals surface area (Å²) in [6, 6.07) is 6.30. The predicted octanol–water partition coefficient (Wildman–Crippen LogP) is 0.842. The molecule has 0 spiro atoms. The number of carbonyl (C=O) groups excluding carboxylic acids is 1. The van der Waals surface area contributed by atoms with Gasteiger partial charge in [0.15, 0.2) is 0 Å². The highest BCUT2D eigenvalue weighted by Gasteiger charge is 2.25. The molecular weight excluding hydrogens is 338 g/mol.